The molecule has 0 aromatic heterocycles. The number of allylic oxidation sites excluding steroid dienone is 1. The molecule has 0 spiro atoms. The standard InChI is InChI=1S/C16H34O2Si/c1-5-7-8-9-10-11-12-13-14-15-16-18-19(3,4)17-6-2/h14-15H,5-13,16H2,1-4H3/b15-14+. The molecule has 19 heavy (non-hydrogen) atoms. The lowest BCUT2D eigenvalue weighted by Crippen LogP contribution is -2.34. The normalized spacial score (nSPS) is 12.4. The molecule has 0 rings (SSSR count). The van der Waals surface area contributed by atoms with Gasteiger partial charge in [0.2, 0.25) is 0 Å². The molecular formula is C16H34O2Si. The van der Waals surface area contributed by atoms with E-state index in [0.29, 0.717) is 6.61 Å². The average Bonchev–Trinajstić information content (AvgIpc) is 2.36. The highest BCUT2D eigenvalue weighted by Gasteiger charge is 2.22. The predicted octanol–water partition coefficient (Wildman–Crippen LogP) is 5.44. The van der Waals surface area contributed by atoms with Crippen LogP contribution in [0.25, 0.3) is 0 Å². The third-order valence-corrected chi connectivity index (χ3v) is 5.01. The molecule has 0 N–H and O–H groups in total. The van der Waals surface area contributed by atoms with E-state index in [0.717, 1.165) is 6.61 Å². The Bertz CT molecular complexity index is 215. The monoisotopic (exact) mass is 286 g/mol. The average molecular weight is 287 g/mol. The topological polar surface area (TPSA) is 18.5 Å². The first-order chi connectivity index (χ1) is 9.12. The van der Waals surface area contributed by atoms with Crippen LogP contribution in [-0.4, -0.2) is 21.8 Å². The van der Waals surface area contributed by atoms with Gasteiger partial charge in [0.15, 0.2) is 0 Å². The molecule has 0 fully saturated rings. The first kappa shape index (κ1) is 18.9. The molecule has 0 saturated carbocycles. The first-order valence-corrected chi connectivity index (χ1v) is 10.9. The summed E-state index contributed by atoms with van der Waals surface area (Å²) in [6, 6.07) is 0. The fraction of sp³-hybridized carbons (Fsp3) is 0.875. The lowest BCUT2D eigenvalue weighted by molar-refractivity contribution is 0.204. The van der Waals surface area contributed by atoms with Gasteiger partial charge in [0, 0.05) is 6.61 Å². The number of rotatable bonds is 13. The third-order valence-electron chi connectivity index (χ3n) is 3.16. The van der Waals surface area contributed by atoms with Gasteiger partial charge < -0.3 is 8.85 Å². The fourth-order valence-corrected chi connectivity index (χ4v) is 3.32. The van der Waals surface area contributed by atoms with Crippen LogP contribution in [0.4, 0.5) is 0 Å². The molecule has 0 aromatic rings. The molecule has 0 amide bonds. The van der Waals surface area contributed by atoms with E-state index in [1.165, 1.54) is 51.4 Å². The van der Waals surface area contributed by atoms with E-state index < -0.39 is 8.56 Å². The third kappa shape index (κ3) is 14.1. The van der Waals surface area contributed by atoms with Gasteiger partial charge in [-0.3, -0.25) is 0 Å². The number of hydrogen-bond donors (Lipinski definition) is 0. The van der Waals surface area contributed by atoms with Crippen molar-refractivity contribution in [3.05, 3.63) is 12.2 Å². The van der Waals surface area contributed by atoms with Crippen molar-refractivity contribution in [3.63, 3.8) is 0 Å². The van der Waals surface area contributed by atoms with Gasteiger partial charge in [0.05, 0.1) is 6.61 Å². The Balaban J connectivity index is 3.30. The molecule has 0 saturated heterocycles. The van der Waals surface area contributed by atoms with Gasteiger partial charge in [0.25, 0.3) is 0 Å². The van der Waals surface area contributed by atoms with E-state index in [2.05, 4.69) is 32.2 Å². The summed E-state index contributed by atoms with van der Waals surface area (Å²) in [5.74, 6) is 0. The van der Waals surface area contributed by atoms with Crippen LogP contribution in [0.15, 0.2) is 12.2 Å². The minimum atomic E-state index is -1.85. The van der Waals surface area contributed by atoms with Gasteiger partial charge in [-0.2, -0.15) is 0 Å². The minimum Gasteiger partial charge on any atom is -0.395 e. The summed E-state index contributed by atoms with van der Waals surface area (Å²) in [5, 5.41) is 0. The lowest BCUT2D eigenvalue weighted by atomic mass is 10.1. The Labute approximate surface area is 121 Å². The van der Waals surface area contributed by atoms with Crippen LogP contribution >= 0.6 is 0 Å². The van der Waals surface area contributed by atoms with E-state index in [1.54, 1.807) is 0 Å². The van der Waals surface area contributed by atoms with Gasteiger partial charge in [-0.15, -0.1) is 0 Å². The SMILES string of the molecule is CCCCCCCCC/C=C/CO[Si](C)(C)OCC. The Morgan fingerprint density at radius 1 is 0.789 bits per heavy atom. The van der Waals surface area contributed by atoms with Gasteiger partial charge in [-0.1, -0.05) is 57.6 Å². The maximum absolute atomic E-state index is 5.77. The van der Waals surface area contributed by atoms with Crippen molar-refractivity contribution in [2.75, 3.05) is 13.2 Å². The summed E-state index contributed by atoms with van der Waals surface area (Å²) in [7, 11) is -1.85. The largest absolute Gasteiger partial charge is 0.395 e. The van der Waals surface area contributed by atoms with Crippen LogP contribution in [0.2, 0.25) is 13.1 Å². The Kier molecular flexibility index (Phi) is 12.8. The van der Waals surface area contributed by atoms with Crippen LogP contribution in [-0.2, 0) is 8.85 Å². The fourth-order valence-electron chi connectivity index (χ4n) is 2.04. The second-order valence-corrected chi connectivity index (χ2v) is 8.90. The zero-order valence-electron chi connectivity index (χ0n) is 13.5. The summed E-state index contributed by atoms with van der Waals surface area (Å²) in [5.41, 5.74) is 0. The van der Waals surface area contributed by atoms with E-state index in [-0.39, 0.29) is 0 Å². The van der Waals surface area contributed by atoms with Crippen molar-refractivity contribution in [1.82, 2.24) is 0 Å². The van der Waals surface area contributed by atoms with Gasteiger partial charge in [-0.25, -0.2) is 0 Å². The zero-order valence-corrected chi connectivity index (χ0v) is 14.5. The summed E-state index contributed by atoms with van der Waals surface area (Å²) in [6.07, 6.45) is 15.2. The highest BCUT2D eigenvalue weighted by Crippen LogP contribution is 2.09. The molecule has 2 nitrogen and oxygen atoms in total. The molecule has 0 heterocycles. The quantitative estimate of drug-likeness (QED) is 0.255. The van der Waals surface area contributed by atoms with Crippen LogP contribution in [0, 0.1) is 0 Å². The van der Waals surface area contributed by atoms with Crippen molar-refractivity contribution in [2.24, 2.45) is 0 Å². The Morgan fingerprint density at radius 2 is 1.42 bits per heavy atom. The predicted molar refractivity (Wildman–Crippen MR) is 86.8 cm³/mol. The van der Waals surface area contributed by atoms with E-state index in [1.807, 2.05) is 6.92 Å². The zero-order chi connectivity index (χ0) is 14.4. The van der Waals surface area contributed by atoms with Gasteiger partial charge >= 0.3 is 8.56 Å². The van der Waals surface area contributed by atoms with Crippen molar-refractivity contribution < 1.29 is 8.85 Å². The maximum atomic E-state index is 5.77. The van der Waals surface area contributed by atoms with E-state index in [9.17, 15) is 0 Å². The summed E-state index contributed by atoms with van der Waals surface area (Å²) >= 11 is 0. The van der Waals surface area contributed by atoms with Crippen LogP contribution in [0.1, 0.15) is 65.2 Å². The first-order valence-electron chi connectivity index (χ1n) is 8.05. The van der Waals surface area contributed by atoms with Gasteiger partial charge in [-0.05, 0) is 32.9 Å². The van der Waals surface area contributed by atoms with Crippen molar-refractivity contribution >= 4 is 8.56 Å². The maximum Gasteiger partial charge on any atom is 0.331 e. The molecule has 0 aliphatic heterocycles. The molecular weight excluding hydrogens is 252 g/mol. The molecule has 0 radical (unpaired) electrons. The molecule has 0 aromatic carbocycles. The van der Waals surface area contributed by atoms with Crippen LogP contribution in [0.3, 0.4) is 0 Å². The van der Waals surface area contributed by atoms with E-state index >= 15 is 0 Å². The van der Waals surface area contributed by atoms with Crippen molar-refractivity contribution in [2.45, 2.75) is 78.3 Å². The second-order valence-electron chi connectivity index (χ2n) is 5.53. The van der Waals surface area contributed by atoms with Crippen molar-refractivity contribution in [1.29, 1.82) is 0 Å². The molecule has 0 atom stereocenters. The smallest absolute Gasteiger partial charge is 0.331 e. The summed E-state index contributed by atoms with van der Waals surface area (Å²) < 4.78 is 11.4. The molecule has 0 unspecified atom stereocenters. The second kappa shape index (κ2) is 12.9. The summed E-state index contributed by atoms with van der Waals surface area (Å²) in [4.78, 5) is 0. The molecule has 0 aliphatic rings. The van der Waals surface area contributed by atoms with Gasteiger partial charge in [0.1, 0.15) is 0 Å². The molecule has 114 valence electrons. The Morgan fingerprint density at radius 3 is 2.05 bits per heavy atom. The highest BCUT2D eigenvalue weighted by molar-refractivity contribution is 6.64. The van der Waals surface area contributed by atoms with Crippen LogP contribution in [0.5, 0.6) is 0 Å². The number of unbranched alkanes of at least 4 members (excludes halogenated alkanes) is 7. The molecule has 0 bridgehead atoms. The van der Waals surface area contributed by atoms with Crippen LogP contribution < -0.4 is 0 Å². The lowest BCUT2D eigenvalue weighted by Gasteiger charge is -2.20. The molecule has 3 heteroatoms. The number of hydrogen-bond acceptors (Lipinski definition) is 2. The highest BCUT2D eigenvalue weighted by atomic mass is 28.4. The summed E-state index contributed by atoms with van der Waals surface area (Å²) in [6.45, 7) is 9.94. The Hall–Kier alpha value is -0.123. The molecule has 0 aliphatic carbocycles. The minimum absolute atomic E-state index is 0.704. The van der Waals surface area contributed by atoms with E-state index in [4.69, 9.17) is 8.85 Å². The van der Waals surface area contributed by atoms with Crippen molar-refractivity contribution in [3.8, 4) is 0 Å².